The first-order valence-electron chi connectivity index (χ1n) is 4.12. The summed E-state index contributed by atoms with van der Waals surface area (Å²) in [5, 5.41) is 0. The Morgan fingerprint density at radius 3 is 2.20 bits per heavy atom. The molecule has 0 heterocycles. The molecule has 0 unspecified atom stereocenters. The van der Waals surface area contributed by atoms with Crippen molar-refractivity contribution >= 4 is 16.5 Å². The average molecular weight is 231 g/mol. The van der Waals surface area contributed by atoms with E-state index >= 15 is 0 Å². The molecule has 1 rings (SSSR count). The van der Waals surface area contributed by atoms with E-state index in [1.54, 1.807) is 0 Å². The molecule has 6 heteroatoms. The Labute approximate surface area is 88.8 Å². The van der Waals surface area contributed by atoms with Gasteiger partial charge in [-0.1, -0.05) is 36.4 Å². The first-order chi connectivity index (χ1) is 6.93. The Morgan fingerprint density at radius 1 is 1.33 bits per heavy atom. The van der Waals surface area contributed by atoms with Crippen LogP contribution < -0.4 is 5.73 Å². The Balaban J connectivity index is 0.000000336. The Hall–Kier alpha value is -1.21. The third kappa shape index (κ3) is 12.8. The van der Waals surface area contributed by atoms with Crippen molar-refractivity contribution in [3.8, 4) is 0 Å². The van der Waals surface area contributed by atoms with Crippen molar-refractivity contribution in [3.63, 3.8) is 0 Å². The highest BCUT2D eigenvalue weighted by Crippen LogP contribution is 1.99. The first-order valence-corrected chi connectivity index (χ1v) is 5.49. The number of hydrogen-bond donors (Lipinski definition) is 2. The van der Waals surface area contributed by atoms with Crippen LogP contribution in [0.15, 0.2) is 36.4 Å². The zero-order valence-corrected chi connectivity index (χ0v) is 8.85. The molecule has 15 heavy (non-hydrogen) atoms. The SMILES string of the molecule is O=S(=O)([O-])O.[NH3+]CC=Cc1ccccc1. The highest BCUT2D eigenvalue weighted by Gasteiger charge is 1.79. The van der Waals surface area contributed by atoms with Crippen LogP contribution in [-0.2, 0) is 10.4 Å². The summed E-state index contributed by atoms with van der Waals surface area (Å²) in [7, 11) is -4.92. The summed E-state index contributed by atoms with van der Waals surface area (Å²) in [4.78, 5) is 0. The van der Waals surface area contributed by atoms with Crippen LogP contribution in [-0.4, -0.2) is 24.1 Å². The van der Waals surface area contributed by atoms with Gasteiger partial charge in [-0.15, -0.1) is 0 Å². The van der Waals surface area contributed by atoms with Crippen molar-refractivity contribution in [3.05, 3.63) is 42.0 Å². The number of hydrogen-bond acceptors (Lipinski definition) is 3. The Bertz CT molecular complexity index is 378. The normalized spacial score (nSPS) is 10.9. The summed E-state index contributed by atoms with van der Waals surface area (Å²) in [6, 6.07) is 10.2. The fourth-order valence-corrected chi connectivity index (χ4v) is 0.784. The molecule has 0 fully saturated rings. The van der Waals surface area contributed by atoms with E-state index in [0.717, 1.165) is 6.54 Å². The van der Waals surface area contributed by atoms with E-state index < -0.39 is 10.4 Å². The van der Waals surface area contributed by atoms with Gasteiger partial charge in [0.15, 0.2) is 0 Å². The molecule has 0 saturated carbocycles. The molecular weight excluding hydrogens is 218 g/mol. The lowest BCUT2D eigenvalue weighted by Crippen LogP contribution is -2.48. The first kappa shape index (κ1) is 13.8. The van der Waals surface area contributed by atoms with Gasteiger partial charge in [-0.3, -0.25) is 4.55 Å². The lowest BCUT2D eigenvalue weighted by molar-refractivity contribution is -0.352. The maximum Gasteiger partial charge on any atom is 0.215 e. The van der Waals surface area contributed by atoms with Crippen LogP contribution >= 0.6 is 0 Å². The lowest BCUT2D eigenvalue weighted by atomic mass is 10.2. The van der Waals surface area contributed by atoms with Gasteiger partial charge >= 0.3 is 0 Å². The van der Waals surface area contributed by atoms with Gasteiger partial charge in [0.25, 0.3) is 0 Å². The molecule has 0 saturated heterocycles. The average Bonchev–Trinajstić information content (AvgIpc) is 2.14. The smallest absolute Gasteiger partial charge is 0.215 e. The molecule has 0 aliphatic rings. The van der Waals surface area contributed by atoms with Crippen molar-refractivity contribution in [2.45, 2.75) is 0 Å². The fraction of sp³-hybridized carbons (Fsp3) is 0.111. The van der Waals surface area contributed by atoms with Gasteiger partial charge in [-0.25, -0.2) is 8.42 Å². The summed E-state index contributed by atoms with van der Waals surface area (Å²) in [5.41, 5.74) is 4.96. The van der Waals surface area contributed by atoms with Crippen LogP contribution in [0.1, 0.15) is 5.56 Å². The van der Waals surface area contributed by atoms with Crippen molar-refractivity contribution in [2.24, 2.45) is 0 Å². The molecule has 1 aromatic rings. The molecule has 0 amide bonds. The van der Waals surface area contributed by atoms with Crippen LogP contribution in [0.2, 0.25) is 0 Å². The minimum Gasteiger partial charge on any atom is -0.726 e. The molecule has 84 valence electrons. The monoisotopic (exact) mass is 231 g/mol. The summed E-state index contributed by atoms with van der Waals surface area (Å²) >= 11 is 0. The van der Waals surface area contributed by atoms with Gasteiger partial charge in [-0.05, 0) is 11.6 Å². The molecule has 0 aliphatic carbocycles. The number of benzene rings is 1. The summed E-state index contributed by atoms with van der Waals surface area (Å²) in [6.45, 7) is 0.856. The van der Waals surface area contributed by atoms with E-state index in [1.807, 2.05) is 18.2 Å². The zero-order valence-electron chi connectivity index (χ0n) is 8.04. The summed E-state index contributed by atoms with van der Waals surface area (Å²) in [5.74, 6) is 0. The quantitative estimate of drug-likeness (QED) is 0.549. The van der Waals surface area contributed by atoms with E-state index in [9.17, 15) is 0 Å². The standard InChI is InChI=1S/C9H11N.H2O4S/c10-8-4-7-9-5-2-1-3-6-9;1-5(2,3)4/h1-7H,8,10H2;(H2,1,2,3,4). The lowest BCUT2D eigenvalue weighted by Gasteiger charge is -1.88. The van der Waals surface area contributed by atoms with Gasteiger partial charge in [0.2, 0.25) is 10.4 Å². The van der Waals surface area contributed by atoms with Crippen molar-refractivity contribution in [1.82, 2.24) is 0 Å². The molecule has 1 aromatic carbocycles. The molecule has 5 nitrogen and oxygen atoms in total. The molecule has 4 N–H and O–H groups in total. The fourth-order valence-electron chi connectivity index (χ4n) is 0.784. The third-order valence-electron chi connectivity index (χ3n) is 1.28. The van der Waals surface area contributed by atoms with Crippen molar-refractivity contribution in [1.29, 1.82) is 0 Å². The zero-order chi connectivity index (χ0) is 11.7. The van der Waals surface area contributed by atoms with Gasteiger partial charge < -0.3 is 10.3 Å². The summed E-state index contributed by atoms with van der Waals surface area (Å²) < 4.78 is 32.8. The highest BCUT2D eigenvalue weighted by molar-refractivity contribution is 7.79. The van der Waals surface area contributed by atoms with E-state index in [1.165, 1.54) is 5.56 Å². The predicted molar refractivity (Wildman–Crippen MR) is 55.6 cm³/mol. The van der Waals surface area contributed by atoms with E-state index in [4.69, 9.17) is 17.5 Å². The van der Waals surface area contributed by atoms with Crippen LogP contribution in [0.25, 0.3) is 6.08 Å². The van der Waals surface area contributed by atoms with Crippen molar-refractivity contribution in [2.75, 3.05) is 6.54 Å². The van der Waals surface area contributed by atoms with E-state index in [2.05, 4.69) is 30.0 Å². The van der Waals surface area contributed by atoms with Gasteiger partial charge in [0.1, 0.15) is 0 Å². The van der Waals surface area contributed by atoms with Gasteiger partial charge in [-0.2, -0.15) is 0 Å². The molecule has 0 spiro atoms. The van der Waals surface area contributed by atoms with E-state index in [0.29, 0.717) is 0 Å². The van der Waals surface area contributed by atoms with Crippen LogP contribution in [0.5, 0.6) is 0 Å². The van der Waals surface area contributed by atoms with Gasteiger partial charge in [0.05, 0.1) is 6.54 Å². The molecule has 0 bridgehead atoms. The Kier molecular flexibility index (Phi) is 6.56. The largest absolute Gasteiger partial charge is 0.726 e. The Morgan fingerprint density at radius 2 is 1.80 bits per heavy atom. The topological polar surface area (TPSA) is 105 Å². The second-order valence-electron chi connectivity index (χ2n) is 2.53. The maximum atomic E-state index is 8.63. The predicted octanol–water partition coefficient (Wildman–Crippen LogP) is -0.0537. The van der Waals surface area contributed by atoms with Gasteiger partial charge in [0, 0.05) is 0 Å². The number of quaternary nitrogens is 1. The summed E-state index contributed by atoms with van der Waals surface area (Å²) in [6.07, 6.45) is 4.13. The highest BCUT2D eigenvalue weighted by atomic mass is 32.3. The second kappa shape index (κ2) is 7.13. The van der Waals surface area contributed by atoms with Crippen molar-refractivity contribution < 1.29 is 23.3 Å². The minimum atomic E-state index is -4.92. The molecule has 0 atom stereocenters. The van der Waals surface area contributed by atoms with Crippen LogP contribution in [0, 0.1) is 0 Å². The maximum absolute atomic E-state index is 8.63. The third-order valence-corrected chi connectivity index (χ3v) is 1.28. The van der Waals surface area contributed by atoms with Crippen LogP contribution in [0.4, 0.5) is 0 Å². The van der Waals surface area contributed by atoms with Crippen LogP contribution in [0.3, 0.4) is 0 Å². The molecule has 0 aromatic heterocycles. The molecule has 0 radical (unpaired) electrons. The number of rotatable bonds is 2. The second-order valence-corrected chi connectivity index (χ2v) is 3.38. The molecular formula is C9H13NO4S. The molecule has 0 aliphatic heterocycles. The minimum absolute atomic E-state index is 0.856. The van der Waals surface area contributed by atoms with E-state index in [-0.39, 0.29) is 0 Å².